The molecule has 1 unspecified atom stereocenters. The predicted octanol–water partition coefficient (Wildman–Crippen LogP) is 2.89. The summed E-state index contributed by atoms with van der Waals surface area (Å²) < 4.78 is 15.2. The summed E-state index contributed by atoms with van der Waals surface area (Å²) in [7, 11) is 0. The van der Waals surface area contributed by atoms with Gasteiger partial charge in [-0.2, -0.15) is 0 Å². The Labute approximate surface area is 124 Å². The lowest BCUT2D eigenvalue weighted by Crippen LogP contribution is -2.26. The van der Waals surface area contributed by atoms with Gasteiger partial charge in [0.05, 0.1) is 13.2 Å². The molecule has 6 nitrogen and oxygen atoms in total. The number of rotatable bonds is 6. The average molecular weight is 295 g/mol. The van der Waals surface area contributed by atoms with E-state index in [0.717, 1.165) is 5.56 Å². The predicted molar refractivity (Wildman–Crippen MR) is 78.5 cm³/mol. The van der Waals surface area contributed by atoms with E-state index in [2.05, 4.69) is 5.32 Å². The Morgan fingerprint density at radius 3 is 2.43 bits per heavy atom. The SMILES string of the molecule is CCOC(=O)Nc1ccc(OC(C)C(=O)OCC)c(C)c1. The Kier molecular flexibility index (Phi) is 6.52. The van der Waals surface area contributed by atoms with Crippen LogP contribution in [0.15, 0.2) is 18.2 Å². The molecule has 0 heterocycles. The number of benzene rings is 1. The highest BCUT2D eigenvalue weighted by molar-refractivity contribution is 5.84. The lowest BCUT2D eigenvalue weighted by atomic mass is 10.2. The molecule has 1 atom stereocenters. The van der Waals surface area contributed by atoms with Crippen molar-refractivity contribution in [3.63, 3.8) is 0 Å². The maximum absolute atomic E-state index is 11.5. The average Bonchev–Trinajstić information content (AvgIpc) is 2.42. The molecule has 0 aliphatic rings. The van der Waals surface area contributed by atoms with Gasteiger partial charge in [-0.1, -0.05) is 0 Å². The molecule has 0 radical (unpaired) electrons. The lowest BCUT2D eigenvalue weighted by Gasteiger charge is -2.16. The van der Waals surface area contributed by atoms with Crippen LogP contribution < -0.4 is 10.1 Å². The minimum atomic E-state index is -0.687. The van der Waals surface area contributed by atoms with E-state index < -0.39 is 18.2 Å². The fourth-order valence-electron chi connectivity index (χ4n) is 1.64. The van der Waals surface area contributed by atoms with Crippen LogP contribution in [-0.4, -0.2) is 31.4 Å². The van der Waals surface area contributed by atoms with Crippen molar-refractivity contribution >= 4 is 17.7 Å². The Hall–Kier alpha value is -2.24. The van der Waals surface area contributed by atoms with Crippen LogP contribution in [0.5, 0.6) is 5.75 Å². The summed E-state index contributed by atoms with van der Waals surface area (Å²) in [6, 6.07) is 5.11. The smallest absolute Gasteiger partial charge is 0.411 e. The van der Waals surface area contributed by atoms with Crippen LogP contribution in [0, 0.1) is 6.92 Å². The van der Waals surface area contributed by atoms with E-state index in [9.17, 15) is 9.59 Å². The minimum absolute atomic E-state index is 0.309. The maximum Gasteiger partial charge on any atom is 0.411 e. The van der Waals surface area contributed by atoms with E-state index in [4.69, 9.17) is 14.2 Å². The summed E-state index contributed by atoms with van der Waals surface area (Å²) in [6.45, 7) is 7.55. The number of carbonyl (C=O) groups is 2. The molecular weight excluding hydrogens is 274 g/mol. The summed E-state index contributed by atoms with van der Waals surface area (Å²) in [5.41, 5.74) is 1.39. The topological polar surface area (TPSA) is 73.9 Å². The van der Waals surface area contributed by atoms with Gasteiger partial charge in [0.25, 0.3) is 0 Å². The molecule has 0 bridgehead atoms. The summed E-state index contributed by atoms with van der Waals surface area (Å²) in [5, 5.41) is 2.60. The van der Waals surface area contributed by atoms with E-state index in [1.807, 2.05) is 6.92 Å². The van der Waals surface area contributed by atoms with Crippen LogP contribution in [0.1, 0.15) is 26.3 Å². The first-order valence-corrected chi connectivity index (χ1v) is 6.85. The normalized spacial score (nSPS) is 11.4. The van der Waals surface area contributed by atoms with Crippen molar-refractivity contribution in [1.82, 2.24) is 0 Å². The highest BCUT2D eigenvalue weighted by atomic mass is 16.6. The number of anilines is 1. The molecule has 0 aromatic heterocycles. The largest absolute Gasteiger partial charge is 0.479 e. The number of amides is 1. The van der Waals surface area contributed by atoms with Crippen LogP contribution in [0.25, 0.3) is 0 Å². The van der Waals surface area contributed by atoms with E-state index in [1.54, 1.807) is 39.0 Å². The number of esters is 1. The van der Waals surface area contributed by atoms with Gasteiger partial charge in [0.15, 0.2) is 6.10 Å². The van der Waals surface area contributed by atoms with Crippen LogP contribution in [0.2, 0.25) is 0 Å². The third-order valence-corrected chi connectivity index (χ3v) is 2.62. The molecule has 1 aromatic carbocycles. The Bertz CT molecular complexity index is 501. The summed E-state index contributed by atoms with van der Waals surface area (Å²) in [4.78, 5) is 22.8. The Morgan fingerprint density at radius 1 is 1.19 bits per heavy atom. The lowest BCUT2D eigenvalue weighted by molar-refractivity contribution is -0.150. The summed E-state index contributed by atoms with van der Waals surface area (Å²) >= 11 is 0. The van der Waals surface area contributed by atoms with Gasteiger partial charge in [0.2, 0.25) is 0 Å². The second-order valence-electron chi connectivity index (χ2n) is 4.34. The third-order valence-electron chi connectivity index (χ3n) is 2.62. The molecule has 1 aromatic rings. The van der Waals surface area contributed by atoms with Gasteiger partial charge >= 0.3 is 12.1 Å². The fourth-order valence-corrected chi connectivity index (χ4v) is 1.64. The zero-order valence-electron chi connectivity index (χ0n) is 12.8. The molecule has 0 saturated carbocycles. The van der Waals surface area contributed by atoms with Gasteiger partial charge in [0.1, 0.15) is 5.75 Å². The van der Waals surface area contributed by atoms with E-state index in [1.165, 1.54) is 0 Å². The van der Waals surface area contributed by atoms with Crippen molar-refractivity contribution in [2.45, 2.75) is 33.8 Å². The molecule has 1 N–H and O–H groups in total. The molecule has 0 fully saturated rings. The van der Waals surface area contributed by atoms with Crippen molar-refractivity contribution in [3.8, 4) is 5.75 Å². The Balaban J connectivity index is 2.70. The molecule has 0 aliphatic heterocycles. The van der Waals surface area contributed by atoms with Crippen molar-refractivity contribution in [2.24, 2.45) is 0 Å². The minimum Gasteiger partial charge on any atom is -0.479 e. The van der Waals surface area contributed by atoms with Crippen LogP contribution >= 0.6 is 0 Å². The second kappa shape index (κ2) is 8.14. The Morgan fingerprint density at radius 2 is 1.86 bits per heavy atom. The number of hydrogen-bond donors (Lipinski definition) is 1. The molecule has 0 aliphatic carbocycles. The quantitative estimate of drug-likeness (QED) is 0.817. The molecule has 116 valence electrons. The standard InChI is InChI=1S/C15H21NO5/c1-5-19-14(17)11(4)21-13-8-7-12(9-10(13)3)16-15(18)20-6-2/h7-9,11H,5-6H2,1-4H3,(H,16,18). The molecular formula is C15H21NO5. The first kappa shape index (κ1) is 16.8. The van der Waals surface area contributed by atoms with Gasteiger partial charge in [-0.05, 0) is 51.5 Å². The zero-order valence-corrected chi connectivity index (χ0v) is 12.8. The first-order chi connectivity index (χ1) is 9.97. The number of hydrogen-bond acceptors (Lipinski definition) is 5. The van der Waals surface area contributed by atoms with Gasteiger partial charge in [-0.3, -0.25) is 5.32 Å². The van der Waals surface area contributed by atoms with Crippen molar-refractivity contribution < 1.29 is 23.8 Å². The van der Waals surface area contributed by atoms with Crippen molar-refractivity contribution in [3.05, 3.63) is 23.8 Å². The number of nitrogens with one attached hydrogen (secondary N) is 1. The zero-order chi connectivity index (χ0) is 15.8. The number of carbonyl (C=O) groups excluding carboxylic acids is 2. The van der Waals surface area contributed by atoms with Crippen molar-refractivity contribution in [2.75, 3.05) is 18.5 Å². The number of ether oxygens (including phenoxy) is 3. The van der Waals surface area contributed by atoms with Gasteiger partial charge in [0, 0.05) is 5.69 Å². The summed E-state index contributed by atoms with van der Waals surface area (Å²) in [6.07, 6.45) is -1.20. The first-order valence-electron chi connectivity index (χ1n) is 6.85. The van der Waals surface area contributed by atoms with Gasteiger partial charge in [-0.25, -0.2) is 9.59 Å². The van der Waals surface area contributed by atoms with Gasteiger partial charge < -0.3 is 14.2 Å². The fraction of sp³-hybridized carbons (Fsp3) is 0.467. The van der Waals surface area contributed by atoms with E-state index in [0.29, 0.717) is 24.7 Å². The molecule has 0 spiro atoms. The molecule has 0 saturated heterocycles. The van der Waals surface area contributed by atoms with Crippen molar-refractivity contribution in [1.29, 1.82) is 0 Å². The maximum atomic E-state index is 11.5. The van der Waals surface area contributed by atoms with Crippen LogP contribution in [-0.2, 0) is 14.3 Å². The van der Waals surface area contributed by atoms with Crippen LogP contribution in [0.3, 0.4) is 0 Å². The monoisotopic (exact) mass is 295 g/mol. The van der Waals surface area contributed by atoms with Crippen LogP contribution in [0.4, 0.5) is 10.5 Å². The molecule has 1 amide bonds. The molecule has 6 heteroatoms. The van der Waals surface area contributed by atoms with E-state index >= 15 is 0 Å². The highest BCUT2D eigenvalue weighted by Gasteiger charge is 2.16. The van der Waals surface area contributed by atoms with E-state index in [-0.39, 0.29) is 0 Å². The third kappa shape index (κ3) is 5.33. The number of aryl methyl sites for hydroxylation is 1. The summed E-state index contributed by atoms with van der Waals surface area (Å²) in [5.74, 6) is 0.149. The van der Waals surface area contributed by atoms with Gasteiger partial charge in [-0.15, -0.1) is 0 Å². The molecule has 1 rings (SSSR count). The highest BCUT2D eigenvalue weighted by Crippen LogP contribution is 2.23. The molecule has 21 heavy (non-hydrogen) atoms. The second-order valence-corrected chi connectivity index (χ2v) is 4.34.